The number of thiophene rings is 1. The van der Waals surface area contributed by atoms with Crippen LogP contribution in [-0.2, 0) is 11.0 Å². The Labute approximate surface area is 193 Å². The number of hydrogen-bond donors (Lipinski definition) is 1. The average molecular weight is 529 g/mol. The predicted octanol–water partition coefficient (Wildman–Crippen LogP) is 6.49. The third-order valence-corrected chi connectivity index (χ3v) is 7.38. The van der Waals surface area contributed by atoms with Crippen molar-refractivity contribution in [2.45, 2.75) is 31.4 Å². The zero-order valence-electron chi connectivity index (χ0n) is 15.8. The van der Waals surface area contributed by atoms with Gasteiger partial charge in [0.2, 0.25) is 0 Å². The van der Waals surface area contributed by atoms with E-state index in [0.29, 0.717) is 30.5 Å². The quantitative estimate of drug-likeness (QED) is 0.484. The van der Waals surface area contributed by atoms with Crippen molar-refractivity contribution in [3.05, 3.63) is 72.2 Å². The number of hydrogen-bond acceptors (Lipinski definition) is 5. The van der Waals surface area contributed by atoms with Crippen molar-refractivity contribution >= 4 is 50.3 Å². The third kappa shape index (κ3) is 3.77. The molecule has 4 nitrogen and oxygen atoms in total. The van der Waals surface area contributed by atoms with Gasteiger partial charge in [0.15, 0.2) is 5.78 Å². The zero-order chi connectivity index (χ0) is 22.5. The second-order valence-corrected chi connectivity index (χ2v) is 9.41. The van der Waals surface area contributed by atoms with Crippen LogP contribution < -0.4 is 10.6 Å². The van der Waals surface area contributed by atoms with E-state index in [9.17, 15) is 23.2 Å². The Bertz CT molecular complexity index is 1200. The Hall–Kier alpha value is -2.28. The number of rotatable bonds is 2. The molecule has 0 saturated carbocycles. The van der Waals surface area contributed by atoms with E-state index < -0.39 is 17.7 Å². The number of allylic oxidation sites excluding steroid dienone is 3. The number of halogens is 5. The van der Waals surface area contributed by atoms with Gasteiger partial charge in [-0.25, -0.2) is 0 Å². The summed E-state index contributed by atoms with van der Waals surface area (Å²) >= 11 is 11.0. The summed E-state index contributed by atoms with van der Waals surface area (Å²) in [5, 5.41) is 11.8. The molecule has 0 radical (unpaired) electrons. The Kier molecular flexibility index (Phi) is 5.66. The number of nitrogens with two attached hydrogens (primary N) is 1. The van der Waals surface area contributed by atoms with Crippen LogP contribution in [0, 0.1) is 11.3 Å². The zero-order valence-corrected chi connectivity index (χ0v) is 18.9. The molecule has 1 unspecified atom stereocenters. The fourth-order valence-electron chi connectivity index (χ4n) is 3.99. The molecule has 160 valence electrons. The normalized spacial score (nSPS) is 19.5. The SMILES string of the molecule is N#CC1=C(N)N(c2cc(C(F)(F)F)ccc2Cl)C2=C(C(=O)CCC2)C1c1cc(Br)cs1. The summed E-state index contributed by atoms with van der Waals surface area (Å²) in [6.45, 7) is 0. The highest BCUT2D eigenvalue weighted by Crippen LogP contribution is 2.49. The fourth-order valence-corrected chi connectivity index (χ4v) is 5.75. The van der Waals surface area contributed by atoms with Crippen LogP contribution in [0.4, 0.5) is 18.9 Å². The van der Waals surface area contributed by atoms with E-state index in [2.05, 4.69) is 22.0 Å². The average Bonchev–Trinajstić information content (AvgIpc) is 3.13. The molecule has 0 amide bonds. The second-order valence-electron chi connectivity index (χ2n) is 7.15. The highest BCUT2D eigenvalue weighted by Gasteiger charge is 2.42. The van der Waals surface area contributed by atoms with Gasteiger partial charge in [0.1, 0.15) is 5.82 Å². The highest BCUT2D eigenvalue weighted by molar-refractivity contribution is 9.10. The lowest BCUT2D eigenvalue weighted by atomic mass is 9.78. The second kappa shape index (κ2) is 8.01. The summed E-state index contributed by atoms with van der Waals surface area (Å²) in [7, 11) is 0. The van der Waals surface area contributed by atoms with Gasteiger partial charge in [-0.2, -0.15) is 18.4 Å². The lowest BCUT2D eigenvalue weighted by molar-refractivity contribution is -0.137. The maximum absolute atomic E-state index is 13.4. The fraction of sp³-hybridized carbons (Fsp3) is 0.238. The molecule has 1 aliphatic heterocycles. The molecule has 1 aromatic carbocycles. The first-order valence-corrected chi connectivity index (χ1v) is 11.2. The van der Waals surface area contributed by atoms with Crippen molar-refractivity contribution < 1.29 is 18.0 Å². The van der Waals surface area contributed by atoms with Crippen LogP contribution in [0.2, 0.25) is 5.02 Å². The van der Waals surface area contributed by atoms with Gasteiger partial charge < -0.3 is 5.73 Å². The minimum atomic E-state index is -4.59. The van der Waals surface area contributed by atoms with Crippen LogP contribution in [0.5, 0.6) is 0 Å². The van der Waals surface area contributed by atoms with E-state index >= 15 is 0 Å². The molecule has 1 aromatic heterocycles. The lowest BCUT2D eigenvalue weighted by Gasteiger charge is -2.39. The topological polar surface area (TPSA) is 70.1 Å². The molecule has 0 saturated heterocycles. The monoisotopic (exact) mass is 527 g/mol. The summed E-state index contributed by atoms with van der Waals surface area (Å²) < 4.78 is 40.9. The molecule has 0 fully saturated rings. The van der Waals surface area contributed by atoms with Gasteiger partial charge in [-0.3, -0.25) is 9.69 Å². The Morgan fingerprint density at radius 2 is 2.03 bits per heavy atom. The molecule has 2 heterocycles. The standard InChI is InChI=1S/C21H14BrClF3N3OS/c22-11-7-17(31-9-11)18-12(8-27)20(28)29(14-2-1-3-16(30)19(14)18)15-6-10(21(24,25)26)4-5-13(15)23/h4-7,9,18H,1-3,28H2. The number of nitriles is 1. The first-order valence-electron chi connectivity index (χ1n) is 9.20. The molecular weight excluding hydrogens is 515 g/mol. The number of anilines is 1. The Balaban J connectivity index is 1.99. The number of carbonyl (C=O) groups excluding carboxylic acids is 1. The van der Waals surface area contributed by atoms with Crippen LogP contribution >= 0.6 is 38.9 Å². The number of ketones is 1. The minimum Gasteiger partial charge on any atom is -0.384 e. The summed E-state index contributed by atoms with van der Waals surface area (Å²) in [5.74, 6) is -0.833. The van der Waals surface area contributed by atoms with Crippen LogP contribution in [-0.4, -0.2) is 5.78 Å². The molecule has 4 rings (SSSR count). The van der Waals surface area contributed by atoms with Crippen molar-refractivity contribution in [1.82, 2.24) is 0 Å². The molecule has 2 aromatic rings. The molecular formula is C21H14BrClF3N3OS. The molecule has 31 heavy (non-hydrogen) atoms. The Morgan fingerprint density at radius 3 is 2.65 bits per heavy atom. The third-order valence-electron chi connectivity index (χ3n) is 5.30. The largest absolute Gasteiger partial charge is 0.416 e. The molecule has 1 atom stereocenters. The van der Waals surface area contributed by atoms with Gasteiger partial charge in [0, 0.05) is 32.4 Å². The van der Waals surface area contributed by atoms with Crippen LogP contribution in [0.3, 0.4) is 0 Å². The molecule has 2 aliphatic rings. The van der Waals surface area contributed by atoms with E-state index in [-0.39, 0.29) is 27.9 Å². The van der Waals surface area contributed by atoms with Gasteiger partial charge in [0.05, 0.1) is 33.8 Å². The van der Waals surface area contributed by atoms with Gasteiger partial charge >= 0.3 is 6.18 Å². The van der Waals surface area contributed by atoms with Crippen molar-refractivity contribution in [2.75, 3.05) is 4.90 Å². The first kappa shape index (κ1) is 21.9. The van der Waals surface area contributed by atoms with Gasteiger partial charge in [-0.05, 0) is 53.0 Å². The molecule has 0 bridgehead atoms. The molecule has 1 aliphatic carbocycles. The van der Waals surface area contributed by atoms with Crippen molar-refractivity contribution in [2.24, 2.45) is 5.73 Å². The number of nitrogens with zero attached hydrogens (tertiary/aromatic N) is 2. The predicted molar refractivity (Wildman–Crippen MR) is 116 cm³/mol. The highest BCUT2D eigenvalue weighted by atomic mass is 79.9. The van der Waals surface area contributed by atoms with Crippen molar-refractivity contribution in [3.8, 4) is 6.07 Å². The van der Waals surface area contributed by atoms with E-state index in [1.165, 1.54) is 16.2 Å². The van der Waals surface area contributed by atoms with E-state index in [0.717, 1.165) is 27.5 Å². The summed E-state index contributed by atoms with van der Waals surface area (Å²) in [4.78, 5) is 15.1. The number of alkyl halides is 3. The summed E-state index contributed by atoms with van der Waals surface area (Å²) in [5.41, 5.74) is 6.46. The molecule has 2 N–H and O–H groups in total. The Morgan fingerprint density at radius 1 is 1.29 bits per heavy atom. The molecule has 0 spiro atoms. The maximum atomic E-state index is 13.4. The van der Waals surface area contributed by atoms with Crippen molar-refractivity contribution in [3.63, 3.8) is 0 Å². The minimum absolute atomic E-state index is 0.00486. The van der Waals surface area contributed by atoms with E-state index in [1.54, 1.807) is 0 Å². The van der Waals surface area contributed by atoms with Crippen LogP contribution in [0.25, 0.3) is 0 Å². The van der Waals surface area contributed by atoms with E-state index in [1.807, 2.05) is 11.4 Å². The van der Waals surface area contributed by atoms with Crippen LogP contribution in [0.15, 0.2) is 56.8 Å². The number of benzene rings is 1. The smallest absolute Gasteiger partial charge is 0.384 e. The summed E-state index contributed by atoms with van der Waals surface area (Å²) in [6, 6.07) is 6.83. The number of carbonyl (C=O) groups is 1. The van der Waals surface area contributed by atoms with E-state index in [4.69, 9.17) is 17.3 Å². The van der Waals surface area contributed by atoms with Gasteiger partial charge in [-0.15, -0.1) is 11.3 Å². The maximum Gasteiger partial charge on any atom is 0.416 e. The van der Waals surface area contributed by atoms with Gasteiger partial charge in [0.25, 0.3) is 0 Å². The van der Waals surface area contributed by atoms with Gasteiger partial charge in [-0.1, -0.05) is 11.6 Å². The summed E-state index contributed by atoms with van der Waals surface area (Å²) in [6.07, 6.45) is -3.33. The molecule has 10 heteroatoms. The first-order chi connectivity index (χ1) is 14.6. The lowest BCUT2D eigenvalue weighted by Crippen LogP contribution is -2.38. The van der Waals surface area contributed by atoms with Crippen molar-refractivity contribution in [1.29, 1.82) is 5.26 Å². The number of Topliss-reactive ketones (excluding diaryl/α,β-unsaturated/α-hetero) is 1. The van der Waals surface area contributed by atoms with Crippen LogP contribution in [0.1, 0.15) is 35.6 Å².